The van der Waals surface area contributed by atoms with Gasteiger partial charge in [-0.2, -0.15) is 0 Å². The average molecular weight is 266 g/mol. The maximum absolute atomic E-state index is 11.1. The van der Waals surface area contributed by atoms with Crippen molar-refractivity contribution in [3.05, 3.63) is 64.8 Å². The molecule has 0 saturated carbocycles. The van der Waals surface area contributed by atoms with Gasteiger partial charge in [-0.1, -0.05) is 30.3 Å². The lowest BCUT2D eigenvalue weighted by molar-refractivity contribution is -0.384. The number of fused-ring (bicyclic) bond motifs is 1. The zero-order valence-electron chi connectivity index (χ0n) is 11.1. The van der Waals surface area contributed by atoms with Crippen LogP contribution in [-0.4, -0.2) is 9.49 Å². The Morgan fingerprint density at radius 1 is 1.15 bits per heavy atom. The Morgan fingerprint density at radius 3 is 2.55 bits per heavy atom. The highest BCUT2D eigenvalue weighted by atomic mass is 16.6. The summed E-state index contributed by atoms with van der Waals surface area (Å²) in [5.41, 5.74) is 3.07. The van der Waals surface area contributed by atoms with Gasteiger partial charge in [-0.3, -0.25) is 10.1 Å². The van der Waals surface area contributed by atoms with Gasteiger partial charge in [0.25, 0.3) is 5.69 Å². The number of nitrogens with zero attached hydrogens (tertiary/aromatic N) is 2. The number of rotatable bonds is 3. The van der Waals surface area contributed by atoms with E-state index in [4.69, 9.17) is 0 Å². The van der Waals surface area contributed by atoms with Crippen LogP contribution in [0.5, 0.6) is 0 Å². The molecule has 0 radical (unpaired) electrons. The van der Waals surface area contributed by atoms with Crippen LogP contribution in [0.3, 0.4) is 0 Å². The Labute approximate surface area is 116 Å². The number of hydrogen-bond donors (Lipinski definition) is 0. The SMILES string of the molecule is CCn1ccc2cc([N+](=O)[O-])cc(-c3ccccc3)c21. The Morgan fingerprint density at radius 2 is 1.90 bits per heavy atom. The number of nitro benzene ring substituents is 1. The lowest BCUT2D eigenvalue weighted by Crippen LogP contribution is -1.95. The van der Waals surface area contributed by atoms with Crippen molar-refractivity contribution in [1.29, 1.82) is 0 Å². The first kappa shape index (κ1) is 12.4. The number of aryl methyl sites for hydroxylation is 1. The van der Waals surface area contributed by atoms with Crippen molar-refractivity contribution in [1.82, 2.24) is 4.57 Å². The molecule has 2 aromatic carbocycles. The number of benzene rings is 2. The van der Waals surface area contributed by atoms with Gasteiger partial charge in [0.1, 0.15) is 0 Å². The van der Waals surface area contributed by atoms with Gasteiger partial charge in [0, 0.05) is 35.8 Å². The summed E-state index contributed by atoms with van der Waals surface area (Å²) >= 11 is 0. The van der Waals surface area contributed by atoms with Gasteiger partial charge >= 0.3 is 0 Å². The topological polar surface area (TPSA) is 48.1 Å². The fourth-order valence-electron chi connectivity index (χ4n) is 2.54. The molecule has 0 aliphatic carbocycles. The van der Waals surface area contributed by atoms with Gasteiger partial charge in [0.05, 0.1) is 10.4 Å². The average Bonchev–Trinajstić information content (AvgIpc) is 2.90. The highest BCUT2D eigenvalue weighted by Gasteiger charge is 2.15. The summed E-state index contributed by atoms with van der Waals surface area (Å²) in [4.78, 5) is 10.8. The van der Waals surface area contributed by atoms with Gasteiger partial charge in [-0.15, -0.1) is 0 Å². The first-order valence-corrected chi connectivity index (χ1v) is 6.53. The molecule has 3 aromatic rings. The number of nitro groups is 1. The van der Waals surface area contributed by atoms with E-state index >= 15 is 0 Å². The zero-order chi connectivity index (χ0) is 14.1. The van der Waals surface area contributed by atoms with Crippen molar-refractivity contribution in [2.45, 2.75) is 13.5 Å². The third kappa shape index (κ3) is 1.95. The van der Waals surface area contributed by atoms with Crippen molar-refractivity contribution in [2.24, 2.45) is 0 Å². The summed E-state index contributed by atoms with van der Waals surface area (Å²) in [7, 11) is 0. The Hall–Kier alpha value is -2.62. The lowest BCUT2D eigenvalue weighted by Gasteiger charge is -2.08. The third-order valence-electron chi connectivity index (χ3n) is 3.48. The van der Waals surface area contributed by atoms with E-state index in [-0.39, 0.29) is 10.6 Å². The summed E-state index contributed by atoms with van der Waals surface area (Å²) in [6.45, 7) is 2.90. The van der Waals surface area contributed by atoms with Crippen LogP contribution in [0.25, 0.3) is 22.0 Å². The molecule has 0 spiro atoms. The maximum Gasteiger partial charge on any atom is 0.270 e. The van der Waals surface area contributed by atoms with Crippen LogP contribution in [0, 0.1) is 10.1 Å². The summed E-state index contributed by atoms with van der Waals surface area (Å²) in [6, 6.07) is 15.0. The summed E-state index contributed by atoms with van der Waals surface area (Å²) < 4.78 is 2.11. The molecule has 0 aliphatic heterocycles. The maximum atomic E-state index is 11.1. The van der Waals surface area contributed by atoms with Gasteiger partial charge in [0.2, 0.25) is 0 Å². The van der Waals surface area contributed by atoms with Crippen LogP contribution in [-0.2, 0) is 6.54 Å². The molecule has 0 fully saturated rings. The molecule has 0 aliphatic rings. The van der Waals surface area contributed by atoms with Gasteiger partial charge < -0.3 is 4.57 Å². The largest absolute Gasteiger partial charge is 0.347 e. The fraction of sp³-hybridized carbons (Fsp3) is 0.125. The second-order valence-corrected chi connectivity index (χ2v) is 4.66. The smallest absolute Gasteiger partial charge is 0.270 e. The van der Waals surface area contributed by atoms with E-state index in [0.29, 0.717) is 0 Å². The summed E-state index contributed by atoms with van der Waals surface area (Å²) in [6.07, 6.45) is 1.97. The molecule has 0 N–H and O–H groups in total. The van der Waals surface area contributed by atoms with E-state index in [2.05, 4.69) is 11.5 Å². The van der Waals surface area contributed by atoms with Gasteiger partial charge in [-0.25, -0.2) is 0 Å². The number of aromatic nitrogens is 1. The molecule has 0 bridgehead atoms. The van der Waals surface area contributed by atoms with Crippen LogP contribution in [0.2, 0.25) is 0 Å². The molecule has 0 unspecified atom stereocenters. The molecular weight excluding hydrogens is 252 g/mol. The van der Waals surface area contributed by atoms with Crippen molar-refractivity contribution in [3.8, 4) is 11.1 Å². The molecule has 0 amide bonds. The Bertz CT molecular complexity index is 776. The molecule has 1 heterocycles. The molecule has 0 saturated heterocycles. The molecule has 4 nitrogen and oxygen atoms in total. The van der Waals surface area contributed by atoms with E-state index in [1.807, 2.05) is 42.6 Å². The molecule has 20 heavy (non-hydrogen) atoms. The van der Waals surface area contributed by atoms with E-state index < -0.39 is 0 Å². The molecule has 100 valence electrons. The molecule has 0 atom stereocenters. The standard InChI is InChI=1S/C16H14N2O2/c1-2-17-9-8-13-10-14(18(19)20)11-15(16(13)17)12-6-4-3-5-7-12/h3-11H,2H2,1H3. The first-order valence-electron chi connectivity index (χ1n) is 6.53. The van der Waals surface area contributed by atoms with Crippen molar-refractivity contribution < 1.29 is 4.92 Å². The van der Waals surface area contributed by atoms with Gasteiger partial charge in [0.15, 0.2) is 0 Å². The van der Waals surface area contributed by atoms with Crippen LogP contribution in [0.1, 0.15) is 6.92 Å². The monoisotopic (exact) mass is 266 g/mol. The number of non-ortho nitro benzene ring substituents is 1. The van der Waals surface area contributed by atoms with E-state index in [1.54, 1.807) is 12.1 Å². The Kier molecular flexibility index (Phi) is 2.99. The van der Waals surface area contributed by atoms with E-state index in [1.165, 1.54) is 0 Å². The highest BCUT2D eigenvalue weighted by Crippen LogP contribution is 2.33. The minimum absolute atomic E-state index is 0.130. The van der Waals surface area contributed by atoms with E-state index in [0.717, 1.165) is 28.6 Å². The summed E-state index contributed by atoms with van der Waals surface area (Å²) in [5, 5.41) is 12.0. The minimum atomic E-state index is -0.338. The fourth-order valence-corrected chi connectivity index (χ4v) is 2.54. The highest BCUT2D eigenvalue weighted by molar-refractivity contribution is 5.96. The van der Waals surface area contributed by atoms with Crippen LogP contribution in [0.15, 0.2) is 54.7 Å². The van der Waals surface area contributed by atoms with E-state index in [9.17, 15) is 10.1 Å². The number of hydrogen-bond acceptors (Lipinski definition) is 2. The third-order valence-corrected chi connectivity index (χ3v) is 3.48. The minimum Gasteiger partial charge on any atom is -0.347 e. The molecule has 1 aromatic heterocycles. The van der Waals surface area contributed by atoms with Crippen molar-refractivity contribution in [3.63, 3.8) is 0 Å². The van der Waals surface area contributed by atoms with Crippen molar-refractivity contribution in [2.75, 3.05) is 0 Å². The second-order valence-electron chi connectivity index (χ2n) is 4.66. The predicted molar refractivity (Wildman–Crippen MR) is 79.7 cm³/mol. The molecule has 4 heteroatoms. The lowest BCUT2D eigenvalue weighted by atomic mass is 10.0. The normalized spacial score (nSPS) is 10.8. The molecular formula is C16H14N2O2. The Balaban J connectivity index is 2.37. The van der Waals surface area contributed by atoms with Crippen molar-refractivity contribution >= 4 is 16.6 Å². The van der Waals surface area contributed by atoms with Crippen LogP contribution >= 0.6 is 0 Å². The quantitative estimate of drug-likeness (QED) is 0.526. The van der Waals surface area contributed by atoms with Crippen LogP contribution < -0.4 is 0 Å². The molecule has 3 rings (SSSR count). The summed E-state index contributed by atoms with van der Waals surface area (Å²) in [5.74, 6) is 0. The second kappa shape index (κ2) is 4.81. The van der Waals surface area contributed by atoms with Gasteiger partial charge in [-0.05, 0) is 18.6 Å². The predicted octanol–water partition coefficient (Wildman–Crippen LogP) is 4.24. The van der Waals surface area contributed by atoms with Crippen LogP contribution in [0.4, 0.5) is 5.69 Å². The first-order chi connectivity index (χ1) is 9.70. The zero-order valence-corrected chi connectivity index (χ0v) is 11.1.